The third-order valence-corrected chi connectivity index (χ3v) is 3.35. The Kier molecular flexibility index (Phi) is 5.55. The van der Waals surface area contributed by atoms with Gasteiger partial charge in [0.2, 0.25) is 5.88 Å². The zero-order chi connectivity index (χ0) is 15.1. The molecule has 0 atom stereocenters. The van der Waals surface area contributed by atoms with Crippen LogP contribution >= 0.6 is 0 Å². The molecule has 2 aromatic rings. The van der Waals surface area contributed by atoms with Crippen LogP contribution in [0.4, 0.5) is 5.82 Å². The number of nitrogens with zero attached hydrogens (tertiary/aromatic N) is 2. The number of benzene rings is 1. The van der Waals surface area contributed by atoms with Gasteiger partial charge in [-0.15, -0.1) is 0 Å². The van der Waals surface area contributed by atoms with E-state index in [-0.39, 0.29) is 0 Å². The number of nitrogens with one attached hydrogen (secondary N) is 1. The van der Waals surface area contributed by atoms with Crippen molar-refractivity contribution in [2.75, 3.05) is 19.0 Å². The van der Waals surface area contributed by atoms with Gasteiger partial charge in [0.1, 0.15) is 12.1 Å². The molecular formula is C17H23N3O. The first-order valence-electron chi connectivity index (χ1n) is 7.41. The predicted molar refractivity (Wildman–Crippen MR) is 85.9 cm³/mol. The monoisotopic (exact) mass is 285 g/mol. The molecule has 1 N–H and O–H groups in total. The number of aromatic nitrogens is 2. The van der Waals surface area contributed by atoms with E-state index in [1.807, 2.05) is 13.1 Å². The van der Waals surface area contributed by atoms with Crippen molar-refractivity contribution in [1.29, 1.82) is 0 Å². The first kappa shape index (κ1) is 15.3. The van der Waals surface area contributed by atoms with Crippen molar-refractivity contribution >= 4 is 5.82 Å². The number of ether oxygens (including phenoxy) is 1. The Labute approximate surface area is 126 Å². The van der Waals surface area contributed by atoms with Crippen LogP contribution in [0.25, 0.3) is 0 Å². The standard InChI is InChI=1S/C17H23N3O/c1-13(2)15-16(18-3)19-12-20-17(15)21-11-7-10-14-8-5-4-6-9-14/h4-6,8-9,12-13H,7,10-11H2,1-3H3,(H,18,19,20). The summed E-state index contributed by atoms with van der Waals surface area (Å²) in [6.07, 6.45) is 3.53. The molecule has 0 amide bonds. The normalized spacial score (nSPS) is 10.7. The molecule has 1 heterocycles. The topological polar surface area (TPSA) is 47.0 Å². The fraction of sp³-hybridized carbons (Fsp3) is 0.412. The van der Waals surface area contributed by atoms with Crippen molar-refractivity contribution in [2.24, 2.45) is 0 Å². The molecule has 0 saturated heterocycles. The molecule has 4 nitrogen and oxygen atoms in total. The van der Waals surface area contributed by atoms with Crippen LogP contribution in [0.2, 0.25) is 0 Å². The van der Waals surface area contributed by atoms with Crippen molar-refractivity contribution in [1.82, 2.24) is 9.97 Å². The molecule has 2 rings (SSSR count). The van der Waals surface area contributed by atoms with Crippen LogP contribution in [0.1, 0.15) is 37.3 Å². The molecule has 0 aliphatic rings. The lowest BCUT2D eigenvalue weighted by molar-refractivity contribution is 0.294. The molecule has 1 aromatic carbocycles. The number of aryl methyl sites for hydroxylation is 1. The largest absolute Gasteiger partial charge is 0.477 e. The van der Waals surface area contributed by atoms with E-state index in [2.05, 4.69) is 53.4 Å². The van der Waals surface area contributed by atoms with E-state index in [0.29, 0.717) is 18.4 Å². The minimum atomic E-state index is 0.317. The van der Waals surface area contributed by atoms with E-state index < -0.39 is 0 Å². The maximum atomic E-state index is 5.87. The van der Waals surface area contributed by atoms with Gasteiger partial charge in [0, 0.05) is 7.05 Å². The van der Waals surface area contributed by atoms with Crippen LogP contribution in [0.3, 0.4) is 0 Å². The molecule has 0 spiro atoms. The molecule has 4 heteroatoms. The summed E-state index contributed by atoms with van der Waals surface area (Å²) in [7, 11) is 1.87. The summed E-state index contributed by atoms with van der Waals surface area (Å²) in [4.78, 5) is 8.53. The van der Waals surface area contributed by atoms with E-state index in [1.165, 1.54) is 5.56 Å². The van der Waals surface area contributed by atoms with Crippen LogP contribution < -0.4 is 10.1 Å². The number of rotatable bonds is 7. The molecular weight excluding hydrogens is 262 g/mol. The van der Waals surface area contributed by atoms with Crippen LogP contribution in [-0.2, 0) is 6.42 Å². The second-order valence-corrected chi connectivity index (χ2v) is 5.28. The first-order valence-corrected chi connectivity index (χ1v) is 7.41. The molecule has 1 aromatic heterocycles. The Morgan fingerprint density at radius 1 is 1.14 bits per heavy atom. The Balaban J connectivity index is 1.94. The fourth-order valence-electron chi connectivity index (χ4n) is 2.30. The van der Waals surface area contributed by atoms with Gasteiger partial charge in [0.15, 0.2) is 0 Å². The lowest BCUT2D eigenvalue weighted by Gasteiger charge is -2.15. The SMILES string of the molecule is CNc1ncnc(OCCCc2ccccc2)c1C(C)C. The number of hydrogen-bond acceptors (Lipinski definition) is 4. The maximum absolute atomic E-state index is 5.87. The molecule has 112 valence electrons. The predicted octanol–water partition coefficient (Wildman–Crippen LogP) is 3.65. The highest BCUT2D eigenvalue weighted by molar-refractivity contribution is 5.50. The Hall–Kier alpha value is -2.10. The van der Waals surface area contributed by atoms with Gasteiger partial charge in [-0.05, 0) is 24.3 Å². The van der Waals surface area contributed by atoms with E-state index in [9.17, 15) is 0 Å². The van der Waals surface area contributed by atoms with Gasteiger partial charge in [-0.1, -0.05) is 44.2 Å². The fourth-order valence-corrected chi connectivity index (χ4v) is 2.30. The van der Waals surface area contributed by atoms with Crippen LogP contribution in [-0.4, -0.2) is 23.6 Å². The average Bonchev–Trinajstić information content (AvgIpc) is 2.52. The van der Waals surface area contributed by atoms with Gasteiger partial charge in [0.05, 0.1) is 12.2 Å². The minimum absolute atomic E-state index is 0.317. The minimum Gasteiger partial charge on any atom is -0.477 e. The van der Waals surface area contributed by atoms with Crippen molar-refractivity contribution in [3.8, 4) is 5.88 Å². The van der Waals surface area contributed by atoms with Crippen molar-refractivity contribution < 1.29 is 4.74 Å². The number of hydrogen-bond donors (Lipinski definition) is 1. The quantitative estimate of drug-likeness (QED) is 0.789. The summed E-state index contributed by atoms with van der Waals surface area (Å²) in [6.45, 7) is 4.90. The Morgan fingerprint density at radius 2 is 1.90 bits per heavy atom. The van der Waals surface area contributed by atoms with E-state index in [4.69, 9.17) is 4.74 Å². The van der Waals surface area contributed by atoms with Crippen LogP contribution in [0, 0.1) is 0 Å². The zero-order valence-electron chi connectivity index (χ0n) is 13.0. The molecule has 0 aliphatic heterocycles. The second kappa shape index (κ2) is 7.62. The van der Waals surface area contributed by atoms with Gasteiger partial charge >= 0.3 is 0 Å². The van der Waals surface area contributed by atoms with Gasteiger partial charge < -0.3 is 10.1 Å². The second-order valence-electron chi connectivity index (χ2n) is 5.28. The third kappa shape index (κ3) is 4.18. The maximum Gasteiger partial charge on any atom is 0.222 e. The highest BCUT2D eigenvalue weighted by Crippen LogP contribution is 2.29. The lowest BCUT2D eigenvalue weighted by Crippen LogP contribution is -2.08. The van der Waals surface area contributed by atoms with Gasteiger partial charge in [0.25, 0.3) is 0 Å². The Bertz CT molecular complexity index is 555. The first-order chi connectivity index (χ1) is 10.2. The molecule has 0 radical (unpaired) electrons. The summed E-state index contributed by atoms with van der Waals surface area (Å²) in [6, 6.07) is 10.5. The van der Waals surface area contributed by atoms with Crippen LogP contribution in [0.5, 0.6) is 5.88 Å². The van der Waals surface area contributed by atoms with E-state index in [0.717, 1.165) is 24.2 Å². The van der Waals surface area contributed by atoms with Crippen molar-refractivity contribution in [2.45, 2.75) is 32.6 Å². The number of anilines is 1. The molecule has 0 aliphatic carbocycles. The summed E-state index contributed by atoms with van der Waals surface area (Å²) in [5.41, 5.74) is 2.38. The highest BCUT2D eigenvalue weighted by Gasteiger charge is 2.15. The molecule has 0 fully saturated rings. The molecule has 0 bridgehead atoms. The lowest BCUT2D eigenvalue weighted by atomic mass is 10.1. The summed E-state index contributed by atoms with van der Waals surface area (Å²) < 4.78 is 5.87. The van der Waals surface area contributed by atoms with Gasteiger partial charge in [-0.3, -0.25) is 0 Å². The molecule has 0 unspecified atom stereocenters. The van der Waals surface area contributed by atoms with E-state index >= 15 is 0 Å². The van der Waals surface area contributed by atoms with Gasteiger partial charge in [-0.2, -0.15) is 0 Å². The average molecular weight is 285 g/mol. The Morgan fingerprint density at radius 3 is 2.57 bits per heavy atom. The van der Waals surface area contributed by atoms with E-state index in [1.54, 1.807) is 6.33 Å². The van der Waals surface area contributed by atoms with Crippen molar-refractivity contribution in [3.05, 3.63) is 47.8 Å². The summed E-state index contributed by atoms with van der Waals surface area (Å²) in [5.74, 6) is 1.85. The highest BCUT2D eigenvalue weighted by atomic mass is 16.5. The zero-order valence-corrected chi connectivity index (χ0v) is 13.0. The summed E-state index contributed by atoms with van der Waals surface area (Å²) >= 11 is 0. The van der Waals surface area contributed by atoms with Crippen molar-refractivity contribution in [3.63, 3.8) is 0 Å². The summed E-state index contributed by atoms with van der Waals surface area (Å²) in [5, 5.41) is 3.10. The smallest absolute Gasteiger partial charge is 0.222 e. The van der Waals surface area contributed by atoms with Crippen LogP contribution in [0.15, 0.2) is 36.7 Å². The third-order valence-electron chi connectivity index (χ3n) is 3.35. The molecule has 0 saturated carbocycles. The molecule has 21 heavy (non-hydrogen) atoms. The van der Waals surface area contributed by atoms with Gasteiger partial charge in [-0.25, -0.2) is 9.97 Å².